The molecule has 0 aromatic carbocycles. The van der Waals surface area contributed by atoms with E-state index in [1.807, 2.05) is 56.6 Å². The number of nitrogens with one attached hydrogen (secondary N) is 2. The van der Waals surface area contributed by atoms with E-state index >= 15 is 0 Å². The summed E-state index contributed by atoms with van der Waals surface area (Å²) in [6.45, 7) is 5.89. The number of piperidine rings is 1. The molecule has 1 aliphatic heterocycles. The van der Waals surface area contributed by atoms with Gasteiger partial charge in [0.1, 0.15) is 11.6 Å². The Labute approximate surface area is 228 Å². The molecule has 1 aliphatic rings. The molecule has 39 heavy (non-hydrogen) atoms. The van der Waals surface area contributed by atoms with E-state index in [1.165, 1.54) is 0 Å². The van der Waals surface area contributed by atoms with Gasteiger partial charge >= 0.3 is 0 Å². The smallest absolute Gasteiger partial charge is 0.227 e. The van der Waals surface area contributed by atoms with E-state index in [9.17, 15) is 4.79 Å². The van der Waals surface area contributed by atoms with E-state index in [-0.39, 0.29) is 5.78 Å². The highest BCUT2D eigenvalue weighted by atomic mass is 16.5. The van der Waals surface area contributed by atoms with Gasteiger partial charge in [-0.1, -0.05) is 6.07 Å². The number of H-pyrrole nitrogens is 1. The molecule has 5 heterocycles. The van der Waals surface area contributed by atoms with E-state index in [0.29, 0.717) is 56.5 Å². The Morgan fingerprint density at radius 3 is 2.67 bits per heavy atom. The van der Waals surface area contributed by atoms with Crippen LogP contribution in [-0.2, 0) is 16.0 Å². The van der Waals surface area contributed by atoms with Gasteiger partial charge in [-0.25, -0.2) is 14.6 Å². The van der Waals surface area contributed by atoms with Crippen molar-refractivity contribution in [2.24, 2.45) is 5.41 Å². The summed E-state index contributed by atoms with van der Waals surface area (Å²) >= 11 is 0. The number of carbonyl (C=O) groups is 1. The Morgan fingerprint density at radius 1 is 1.15 bits per heavy atom. The fourth-order valence-corrected chi connectivity index (χ4v) is 5.10. The summed E-state index contributed by atoms with van der Waals surface area (Å²) in [4.78, 5) is 29.8. The molecule has 1 saturated heterocycles. The van der Waals surface area contributed by atoms with Crippen LogP contribution in [0.15, 0.2) is 48.9 Å². The number of ether oxygens (including phenoxy) is 1. The number of pyridine rings is 1. The van der Waals surface area contributed by atoms with Crippen LogP contribution in [0.1, 0.15) is 42.6 Å². The molecule has 4 aromatic rings. The van der Waals surface area contributed by atoms with Gasteiger partial charge in [0.25, 0.3) is 0 Å². The Bertz CT molecular complexity index is 1370. The summed E-state index contributed by atoms with van der Waals surface area (Å²) in [6, 6.07) is 9.65. The third-order valence-corrected chi connectivity index (χ3v) is 7.37. The molecule has 0 atom stereocenters. The maximum Gasteiger partial charge on any atom is 0.227 e. The van der Waals surface area contributed by atoms with Gasteiger partial charge < -0.3 is 15.0 Å². The summed E-state index contributed by atoms with van der Waals surface area (Å²) < 4.78 is 7.13. The van der Waals surface area contributed by atoms with Gasteiger partial charge in [0.2, 0.25) is 5.95 Å². The molecule has 0 saturated carbocycles. The Balaban J connectivity index is 1.23. The Kier molecular flexibility index (Phi) is 7.97. The van der Waals surface area contributed by atoms with Crippen molar-refractivity contribution < 1.29 is 9.53 Å². The molecule has 5 rings (SSSR count). The zero-order valence-electron chi connectivity index (χ0n) is 22.7. The van der Waals surface area contributed by atoms with Gasteiger partial charge in [-0.15, -0.1) is 0 Å². The molecule has 204 valence electrons. The average Bonchev–Trinajstić information content (AvgIpc) is 3.63. The predicted molar refractivity (Wildman–Crippen MR) is 148 cm³/mol. The first kappa shape index (κ1) is 26.5. The van der Waals surface area contributed by atoms with Crippen molar-refractivity contribution in [3.63, 3.8) is 0 Å². The number of carbonyl (C=O) groups excluding carboxylic acids is 1. The molecular formula is C28H35N9O2. The number of aromatic amines is 1. The molecule has 2 N–H and O–H groups in total. The highest BCUT2D eigenvalue weighted by Crippen LogP contribution is 2.38. The summed E-state index contributed by atoms with van der Waals surface area (Å²) in [6.07, 6.45) is 8.75. The Morgan fingerprint density at radius 2 is 2.00 bits per heavy atom. The number of nitrogens with zero attached hydrogens (tertiary/aromatic N) is 7. The Hall–Kier alpha value is -4.12. The van der Waals surface area contributed by atoms with Crippen LogP contribution in [0.25, 0.3) is 5.82 Å². The minimum atomic E-state index is -0.410. The zero-order chi connectivity index (χ0) is 27.2. The first-order chi connectivity index (χ1) is 18.9. The summed E-state index contributed by atoms with van der Waals surface area (Å²) in [5.74, 6) is 3.13. The maximum absolute atomic E-state index is 13.6. The standard InChI is InChI=1S/C28H35N9O2/c1-20-17-24(32-25-18-21(2)34-35-25)33-27(31-20)36-14-9-28(10-15-36,11-16-39-3)23(38)7-5-22-6-8-26(29-19-22)37-13-4-12-30-37/h4,6,8,12-13,17-19H,5,7,9-11,14-16H2,1-3H3,(H2,31,32,33,34,35). The largest absolute Gasteiger partial charge is 0.385 e. The van der Waals surface area contributed by atoms with Crippen LogP contribution in [0.4, 0.5) is 17.6 Å². The van der Waals surface area contributed by atoms with E-state index in [2.05, 4.69) is 35.5 Å². The SMILES string of the molecule is COCCC1(C(=O)CCc2ccc(-n3cccn3)nc2)CCN(c2nc(C)cc(Nc3cc(C)[nH]n3)n2)CC1. The predicted octanol–water partition coefficient (Wildman–Crippen LogP) is 3.97. The van der Waals surface area contributed by atoms with Gasteiger partial charge in [0, 0.05) is 80.8 Å². The molecule has 11 nitrogen and oxygen atoms in total. The number of rotatable bonds is 11. The third-order valence-electron chi connectivity index (χ3n) is 7.37. The summed E-state index contributed by atoms with van der Waals surface area (Å²) in [7, 11) is 1.69. The lowest BCUT2D eigenvalue weighted by Crippen LogP contribution is -2.45. The molecule has 4 aromatic heterocycles. The lowest BCUT2D eigenvalue weighted by molar-refractivity contribution is -0.131. The molecule has 1 fully saturated rings. The van der Waals surface area contributed by atoms with Crippen molar-refractivity contribution in [3.05, 3.63) is 65.9 Å². The van der Waals surface area contributed by atoms with E-state index < -0.39 is 5.41 Å². The molecule has 0 radical (unpaired) electrons. The number of aromatic nitrogens is 7. The molecule has 0 aliphatic carbocycles. The molecule has 0 bridgehead atoms. The fraction of sp³-hybridized carbons (Fsp3) is 0.429. The number of hydrogen-bond donors (Lipinski definition) is 2. The monoisotopic (exact) mass is 529 g/mol. The van der Waals surface area contributed by atoms with E-state index in [1.54, 1.807) is 18.0 Å². The number of anilines is 3. The van der Waals surface area contributed by atoms with Crippen LogP contribution < -0.4 is 10.2 Å². The van der Waals surface area contributed by atoms with Crippen LogP contribution >= 0.6 is 0 Å². The number of hydrogen-bond acceptors (Lipinski definition) is 9. The van der Waals surface area contributed by atoms with Crippen molar-refractivity contribution >= 4 is 23.4 Å². The second kappa shape index (κ2) is 11.7. The molecule has 0 spiro atoms. The van der Waals surface area contributed by atoms with Crippen molar-refractivity contribution in [1.29, 1.82) is 0 Å². The lowest BCUT2D eigenvalue weighted by Gasteiger charge is -2.41. The van der Waals surface area contributed by atoms with Crippen LogP contribution in [0.2, 0.25) is 0 Å². The summed E-state index contributed by atoms with van der Waals surface area (Å²) in [5.41, 5.74) is 2.47. The number of Topliss-reactive ketones (excluding diaryl/α,β-unsaturated/α-hetero) is 1. The van der Waals surface area contributed by atoms with Crippen LogP contribution in [0.5, 0.6) is 0 Å². The third kappa shape index (κ3) is 6.31. The number of methoxy groups -OCH3 is 1. The van der Waals surface area contributed by atoms with Crippen LogP contribution in [0.3, 0.4) is 0 Å². The van der Waals surface area contributed by atoms with Crippen molar-refractivity contribution in [1.82, 2.24) is 34.9 Å². The summed E-state index contributed by atoms with van der Waals surface area (Å²) in [5, 5.41) is 14.6. The van der Waals surface area contributed by atoms with Crippen LogP contribution in [-0.4, -0.2) is 67.5 Å². The van der Waals surface area contributed by atoms with E-state index in [0.717, 1.165) is 35.6 Å². The minimum absolute atomic E-state index is 0.289. The van der Waals surface area contributed by atoms with Gasteiger partial charge in [-0.05, 0) is 57.2 Å². The fourth-order valence-electron chi connectivity index (χ4n) is 5.10. The average molecular weight is 530 g/mol. The van der Waals surface area contributed by atoms with Crippen molar-refractivity contribution in [2.45, 2.75) is 46.0 Å². The second-order valence-corrected chi connectivity index (χ2v) is 10.2. The van der Waals surface area contributed by atoms with Gasteiger partial charge in [-0.3, -0.25) is 9.89 Å². The maximum atomic E-state index is 13.6. The highest BCUT2D eigenvalue weighted by molar-refractivity contribution is 5.85. The highest BCUT2D eigenvalue weighted by Gasteiger charge is 2.40. The van der Waals surface area contributed by atoms with Crippen molar-refractivity contribution in [2.75, 3.05) is 37.0 Å². The second-order valence-electron chi connectivity index (χ2n) is 10.2. The zero-order valence-corrected chi connectivity index (χ0v) is 22.7. The first-order valence-electron chi connectivity index (χ1n) is 13.3. The van der Waals surface area contributed by atoms with Crippen molar-refractivity contribution in [3.8, 4) is 5.82 Å². The molecular weight excluding hydrogens is 494 g/mol. The topological polar surface area (TPSA) is 127 Å². The molecule has 0 unspecified atom stereocenters. The quantitative estimate of drug-likeness (QED) is 0.297. The number of aryl methyl sites for hydroxylation is 3. The first-order valence-corrected chi connectivity index (χ1v) is 13.3. The molecule has 0 amide bonds. The number of ketones is 1. The van der Waals surface area contributed by atoms with E-state index in [4.69, 9.17) is 9.72 Å². The van der Waals surface area contributed by atoms with Crippen LogP contribution in [0, 0.1) is 19.3 Å². The normalized spacial score (nSPS) is 14.9. The van der Waals surface area contributed by atoms with Gasteiger partial charge in [0.05, 0.1) is 0 Å². The van der Waals surface area contributed by atoms with Gasteiger partial charge in [0.15, 0.2) is 11.6 Å². The lowest BCUT2D eigenvalue weighted by atomic mass is 9.71. The molecule has 11 heteroatoms. The minimum Gasteiger partial charge on any atom is -0.385 e. The van der Waals surface area contributed by atoms with Gasteiger partial charge in [-0.2, -0.15) is 15.2 Å².